The monoisotopic (exact) mass is 355 g/mol. The predicted molar refractivity (Wildman–Crippen MR) is 98.7 cm³/mol. The molecule has 4 heterocycles. The minimum Gasteiger partial charge on any atom is -0.368 e. The Balaban J connectivity index is 1.63. The zero-order chi connectivity index (χ0) is 17.2. The Morgan fingerprint density at radius 1 is 1.20 bits per heavy atom. The van der Waals surface area contributed by atoms with Gasteiger partial charge in [0.2, 0.25) is 5.95 Å². The van der Waals surface area contributed by atoms with Crippen LogP contribution < -0.4 is 15.5 Å². The van der Waals surface area contributed by atoms with Gasteiger partial charge < -0.3 is 15.5 Å². The van der Waals surface area contributed by atoms with Gasteiger partial charge in [0, 0.05) is 49.7 Å². The SMILES string of the molecule is N#CC1CCCN(c2nc(N)nc3c2CCN(c2nccs2)CC3)C1. The summed E-state index contributed by atoms with van der Waals surface area (Å²) in [6.45, 7) is 3.44. The van der Waals surface area contributed by atoms with Crippen molar-refractivity contribution in [2.24, 2.45) is 5.92 Å². The van der Waals surface area contributed by atoms with Crippen LogP contribution in [0.2, 0.25) is 0 Å². The zero-order valence-corrected chi connectivity index (χ0v) is 14.9. The first kappa shape index (κ1) is 16.1. The molecule has 0 saturated carbocycles. The number of anilines is 3. The van der Waals surface area contributed by atoms with E-state index in [1.54, 1.807) is 11.3 Å². The van der Waals surface area contributed by atoms with Crippen LogP contribution >= 0.6 is 11.3 Å². The third kappa shape index (κ3) is 3.24. The van der Waals surface area contributed by atoms with Gasteiger partial charge >= 0.3 is 0 Å². The van der Waals surface area contributed by atoms with Crippen molar-refractivity contribution in [1.29, 1.82) is 5.26 Å². The van der Waals surface area contributed by atoms with Crippen LogP contribution in [-0.2, 0) is 12.8 Å². The van der Waals surface area contributed by atoms with E-state index in [9.17, 15) is 5.26 Å². The van der Waals surface area contributed by atoms with E-state index in [2.05, 4.69) is 30.8 Å². The Bertz CT molecular complexity index is 783. The first-order chi connectivity index (χ1) is 12.2. The van der Waals surface area contributed by atoms with E-state index in [1.807, 2.05) is 11.6 Å². The van der Waals surface area contributed by atoms with Gasteiger partial charge in [-0.25, -0.2) is 9.97 Å². The van der Waals surface area contributed by atoms with Gasteiger partial charge in [0.25, 0.3) is 0 Å². The number of hydrogen-bond acceptors (Lipinski definition) is 8. The summed E-state index contributed by atoms with van der Waals surface area (Å²) in [6.07, 6.45) is 5.54. The average Bonchev–Trinajstić information content (AvgIpc) is 3.09. The zero-order valence-electron chi connectivity index (χ0n) is 14.1. The van der Waals surface area contributed by atoms with Crippen LogP contribution in [-0.4, -0.2) is 41.1 Å². The van der Waals surface area contributed by atoms with Gasteiger partial charge in [0.15, 0.2) is 5.13 Å². The summed E-state index contributed by atoms with van der Waals surface area (Å²) in [7, 11) is 0. The molecule has 0 aromatic carbocycles. The van der Waals surface area contributed by atoms with Crippen LogP contribution in [0.15, 0.2) is 11.6 Å². The fourth-order valence-corrected chi connectivity index (χ4v) is 4.39. The number of aromatic nitrogens is 3. The molecule has 1 fully saturated rings. The normalized spacial score (nSPS) is 20.7. The molecule has 0 spiro atoms. The second-order valence-electron chi connectivity index (χ2n) is 6.55. The highest BCUT2D eigenvalue weighted by atomic mass is 32.1. The summed E-state index contributed by atoms with van der Waals surface area (Å²) in [4.78, 5) is 18.0. The lowest BCUT2D eigenvalue weighted by Gasteiger charge is -2.32. The van der Waals surface area contributed by atoms with Crippen LogP contribution in [0.3, 0.4) is 0 Å². The lowest BCUT2D eigenvalue weighted by molar-refractivity contribution is 0.489. The number of thiazole rings is 1. The van der Waals surface area contributed by atoms with E-state index in [1.165, 1.54) is 5.56 Å². The fourth-order valence-electron chi connectivity index (χ4n) is 3.70. The molecule has 0 amide bonds. The molecular weight excluding hydrogens is 334 g/mol. The van der Waals surface area contributed by atoms with Crippen molar-refractivity contribution in [3.05, 3.63) is 22.8 Å². The molecule has 0 bridgehead atoms. The molecule has 1 unspecified atom stereocenters. The lowest BCUT2D eigenvalue weighted by Crippen LogP contribution is -2.36. The van der Waals surface area contributed by atoms with Crippen molar-refractivity contribution in [2.75, 3.05) is 41.7 Å². The Hall–Kier alpha value is -2.40. The molecule has 2 aromatic heterocycles. The number of nitrogens with zero attached hydrogens (tertiary/aromatic N) is 6. The average molecular weight is 355 g/mol. The number of rotatable bonds is 2. The van der Waals surface area contributed by atoms with Gasteiger partial charge in [0.1, 0.15) is 5.82 Å². The number of nitriles is 1. The smallest absolute Gasteiger partial charge is 0.222 e. The van der Waals surface area contributed by atoms with Gasteiger partial charge in [0.05, 0.1) is 17.7 Å². The Morgan fingerprint density at radius 3 is 2.88 bits per heavy atom. The van der Waals surface area contributed by atoms with Crippen LogP contribution in [0.5, 0.6) is 0 Å². The maximum absolute atomic E-state index is 9.29. The summed E-state index contributed by atoms with van der Waals surface area (Å²) in [5.74, 6) is 1.33. The minimum absolute atomic E-state index is 0.0678. The summed E-state index contributed by atoms with van der Waals surface area (Å²) in [6, 6.07) is 2.40. The van der Waals surface area contributed by atoms with Gasteiger partial charge in [-0.2, -0.15) is 10.2 Å². The van der Waals surface area contributed by atoms with E-state index in [0.717, 1.165) is 68.5 Å². The molecule has 2 N–H and O–H groups in total. The molecule has 1 saturated heterocycles. The number of fused-ring (bicyclic) bond motifs is 1. The third-order valence-corrected chi connectivity index (χ3v) is 5.76. The van der Waals surface area contributed by atoms with E-state index >= 15 is 0 Å². The molecule has 25 heavy (non-hydrogen) atoms. The first-order valence-electron chi connectivity index (χ1n) is 8.69. The number of nitrogen functional groups attached to an aromatic ring is 1. The highest BCUT2D eigenvalue weighted by molar-refractivity contribution is 7.13. The van der Waals surface area contributed by atoms with Crippen molar-refractivity contribution < 1.29 is 0 Å². The first-order valence-corrected chi connectivity index (χ1v) is 9.57. The van der Waals surface area contributed by atoms with Crippen LogP contribution in [0.25, 0.3) is 0 Å². The summed E-state index contributed by atoms with van der Waals surface area (Å²) in [5.41, 5.74) is 8.23. The molecule has 2 aliphatic heterocycles. The quantitative estimate of drug-likeness (QED) is 0.878. The van der Waals surface area contributed by atoms with E-state index in [4.69, 9.17) is 5.73 Å². The molecule has 2 aromatic rings. The largest absolute Gasteiger partial charge is 0.368 e. The molecule has 0 aliphatic carbocycles. The van der Waals surface area contributed by atoms with E-state index in [-0.39, 0.29) is 5.92 Å². The predicted octanol–water partition coefficient (Wildman–Crippen LogP) is 1.86. The molecule has 1 atom stereocenters. The summed E-state index contributed by atoms with van der Waals surface area (Å²) >= 11 is 1.66. The second-order valence-corrected chi connectivity index (χ2v) is 7.42. The van der Waals surface area contributed by atoms with Crippen molar-refractivity contribution in [2.45, 2.75) is 25.7 Å². The van der Waals surface area contributed by atoms with Crippen molar-refractivity contribution in [3.63, 3.8) is 0 Å². The van der Waals surface area contributed by atoms with Gasteiger partial charge in [-0.1, -0.05) is 0 Å². The minimum atomic E-state index is 0.0678. The van der Waals surface area contributed by atoms with Gasteiger partial charge in [-0.3, -0.25) is 0 Å². The van der Waals surface area contributed by atoms with E-state index in [0.29, 0.717) is 5.95 Å². The molecule has 8 heteroatoms. The molecule has 7 nitrogen and oxygen atoms in total. The Kier molecular flexibility index (Phi) is 4.40. The van der Waals surface area contributed by atoms with Crippen molar-refractivity contribution in [3.8, 4) is 6.07 Å². The lowest BCUT2D eigenvalue weighted by atomic mass is 9.98. The fraction of sp³-hybridized carbons (Fsp3) is 0.529. The second kappa shape index (κ2) is 6.84. The van der Waals surface area contributed by atoms with Gasteiger partial charge in [-0.15, -0.1) is 11.3 Å². The summed E-state index contributed by atoms with van der Waals surface area (Å²) < 4.78 is 0. The molecule has 4 rings (SSSR count). The molecule has 130 valence electrons. The Morgan fingerprint density at radius 2 is 2.08 bits per heavy atom. The van der Waals surface area contributed by atoms with Crippen molar-refractivity contribution in [1.82, 2.24) is 15.0 Å². The highest BCUT2D eigenvalue weighted by Gasteiger charge is 2.27. The summed E-state index contributed by atoms with van der Waals surface area (Å²) in [5, 5.41) is 12.3. The molecule has 0 radical (unpaired) electrons. The maximum Gasteiger partial charge on any atom is 0.222 e. The van der Waals surface area contributed by atoms with E-state index < -0.39 is 0 Å². The number of nitrogens with two attached hydrogens (primary N) is 1. The standard InChI is InChI=1S/C17H21N7S/c18-10-12-2-1-6-24(11-12)15-13-3-7-23(17-20-5-9-25-17)8-4-14(13)21-16(19)22-15/h5,9,12H,1-4,6-8,11H2,(H2,19,21,22). The van der Waals surface area contributed by atoms with Crippen LogP contribution in [0, 0.1) is 17.2 Å². The maximum atomic E-state index is 9.29. The molecular formula is C17H21N7S. The Labute approximate surface area is 151 Å². The van der Waals surface area contributed by atoms with Gasteiger partial charge in [-0.05, 0) is 19.3 Å². The van der Waals surface area contributed by atoms with Crippen LogP contribution in [0.1, 0.15) is 24.1 Å². The topological polar surface area (TPSA) is 95.0 Å². The number of hydrogen-bond donors (Lipinski definition) is 1. The highest BCUT2D eigenvalue weighted by Crippen LogP contribution is 2.30. The third-order valence-electron chi connectivity index (χ3n) is 4.93. The van der Waals surface area contributed by atoms with Crippen LogP contribution in [0.4, 0.5) is 16.9 Å². The number of piperidine rings is 1. The van der Waals surface area contributed by atoms with Crippen molar-refractivity contribution >= 4 is 28.2 Å². The molecule has 2 aliphatic rings.